The van der Waals surface area contributed by atoms with E-state index in [-0.39, 0.29) is 5.97 Å². The second kappa shape index (κ2) is 41.3. The third kappa shape index (κ3) is 33.1. The second-order valence-electron chi connectivity index (χ2n) is 18.0. The van der Waals surface area contributed by atoms with Gasteiger partial charge < -0.3 is 18.6 Å². The molecule has 2 fully saturated rings. The van der Waals surface area contributed by atoms with Crippen LogP contribution in [0, 0.1) is 76.2 Å². The number of rotatable bonds is 8. The summed E-state index contributed by atoms with van der Waals surface area (Å²) in [5, 5.41) is 8.57. The van der Waals surface area contributed by atoms with Gasteiger partial charge in [-0.15, -0.1) is 90.7 Å². The van der Waals surface area contributed by atoms with Crippen molar-refractivity contribution in [3.63, 3.8) is 0 Å². The molecule has 0 aliphatic carbocycles. The maximum absolute atomic E-state index is 11.0. The highest BCUT2D eigenvalue weighted by molar-refractivity contribution is 7.16. The molecule has 11 rings (SSSR count). The number of esters is 1. The van der Waals surface area contributed by atoms with Crippen molar-refractivity contribution >= 4 is 108 Å². The molecular weight excluding hydrogens is 1160 g/mol. The van der Waals surface area contributed by atoms with E-state index in [1.54, 1.807) is 75.9 Å². The van der Waals surface area contributed by atoms with Gasteiger partial charge in [0, 0.05) is 94.4 Å². The van der Waals surface area contributed by atoms with Crippen LogP contribution < -0.4 is 0 Å². The number of aromatic nitrogens is 2. The van der Waals surface area contributed by atoms with Gasteiger partial charge in [0.25, 0.3) is 0 Å². The van der Waals surface area contributed by atoms with Crippen LogP contribution in [-0.4, -0.2) is 85.0 Å². The van der Waals surface area contributed by atoms with Crippen molar-refractivity contribution in [2.45, 2.75) is 116 Å². The van der Waals surface area contributed by atoms with E-state index in [4.69, 9.17) is 30.2 Å². The van der Waals surface area contributed by atoms with Crippen LogP contribution in [0.15, 0.2) is 112 Å². The van der Waals surface area contributed by atoms with E-state index in [0.717, 1.165) is 97.9 Å². The molecule has 432 valence electrons. The number of hydrogen-bond donors (Lipinski definition) is 0. The molecule has 0 atom stereocenters. The first kappa shape index (κ1) is 69.6. The summed E-state index contributed by atoms with van der Waals surface area (Å²) in [6.07, 6.45) is 6.08. The number of halogens is 1. The Kier molecular flexibility index (Phi) is 36.4. The summed E-state index contributed by atoms with van der Waals surface area (Å²) in [6, 6.07) is 26.7. The monoisotopic (exact) mass is 1240 g/mol. The zero-order valence-corrected chi connectivity index (χ0v) is 55.8. The van der Waals surface area contributed by atoms with E-state index in [9.17, 15) is 4.79 Å². The molecule has 9 aromatic heterocycles. The van der Waals surface area contributed by atoms with E-state index in [2.05, 4.69) is 128 Å². The van der Waals surface area contributed by atoms with Crippen molar-refractivity contribution in [3.05, 3.63) is 188 Å². The van der Waals surface area contributed by atoms with Crippen molar-refractivity contribution < 1.29 is 23.4 Å². The number of carbonyl (C=O) groups excluding carboxylic acids is 1. The zero-order valence-electron chi connectivity index (χ0n) is 48.6. The molecule has 9 nitrogen and oxygen atoms in total. The standard InChI is InChI=1S/C10H15NO2.C10H15NOS.C8H10O2S.C7H11NS.2C6H8S.C5H5ClS.C5H6S.C4H5NS/c2*1-9-2-3-10(13-9)8-11-4-6-12-7-5-11;1-3-10-8(9)7-5-4-6(2)11-7;1-3-4-7-8-5-6(2)9-7;1-5-3-4-7-6(5)2;1-5-3-4-6(2)7-5;1-4-2-3-5(6)7-4;1-5-3-2-4-6-5;1-4-5-2-3-6-4/h2*2-3H,4-8H2,1H3;4-5H,3H2,1-2H3;5H,3-4H2,1-2H3;2*3-4H,1-2H3;2-3H,1H3;2-4H,1H3;2-3H,1H3. The minimum atomic E-state index is -0.217. The fourth-order valence-electron chi connectivity index (χ4n) is 6.64. The number of hydrogen-bond acceptors (Lipinski definition) is 17. The van der Waals surface area contributed by atoms with E-state index in [0.29, 0.717) is 11.5 Å². The van der Waals surface area contributed by atoms with E-state index < -0.39 is 0 Å². The fourth-order valence-corrected chi connectivity index (χ4v) is 12.7. The summed E-state index contributed by atoms with van der Waals surface area (Å²) in [7, 11) is 0. The second-order valence-corrected chi connectivity index (χ2v) is 28.8. The van der Waals surface area contributed by atoms with Gasteiger partial charge in [-0.05, 0) is 185 Å². The first-order valence-electron chi connectivity index (χ1n) is 26.4. The molecule has 0 saturated carbocycles. The lowest BCUT2D eigenvalue weighted by Gasteiger charge is -2.25. The van der Waals surface area contributed by atoms with Crippen molar-refractivity contribution in [1.29, 1.82) is 0 Å². The lowest BCUT2D eigenvalue weighted by molar-refractivity contribution is 0.0312. The summed E-state index contributed by atoms with van der Waals surface area (Å²) in [5.74, 6) is 1.83. The Bertz CT molecular complexity index is 2700. The molecule has 0 spiro atoms. The molecule has 0 N–H and O–H groups in total. The van der Waals surface area contributed by atoms with Crippen LogP contribution in [-0.2, 0) is 33.7 Å². The van der Waals surface area contributed by atoms with Gasteiger partial charge in [0.15, 0.2) is 0 Å². The Morgan fingerprint density at radius 1 is 0.582 bits per heavy atom. The predicted octanol–water partition coefficient (Wildman–Crippen LogP) is 18.9. The fraction of sp³-hybridized carbons (Fsp3) is 0.426. The smallest absolute Gasteiger partial charge is 0.348 e. The third-order valence-electron chi connectivity index (χ3n) is 10.8. The summed E-state index contributed by atoms with van der Waals surface area (Å²) >= 11 is 19.4. The van der Waals surface area contributed by atoms with Gasteiger partial charge in [0.05, 0.1) is 53.9 Å². The molecule has 0 bridgehead atoms. The SMILES string of the molecule is CCCc1ncc(C)s1.CCOC(=O)c1ccc(C)s1.Cc1ccc(C)s1.Cc1ccc(CN2CCOCC2)o1.Cc1ccc(CN2CCOCC2)s1.Cc1ccc(Cl)s1.Cc1cccs1.Cc1ccsc1C.Cc1nccs1. The molecule has 0 amide bonds. The quantitative estimate of drug-likeness (QED) is 0.138. The van der Waals surface area contributed by atoms with Crippen LogP contribution in [0.5, 0.6) is 0 Å². The summed E-state index contributed by atoms with van der Waals surface area (Å²) in [4.78, 5) is 36.9. The van der Waals surface area contributed by atoms with Crippen LogP contribution in [0.4, 0.5) is 0 Å². The summed E-state index contributed by atoms with van der Waals surface area (Å²) in [6.45, 7) is 36.9. The Balaban J connectivity index is 0.000000237. The molecule has 0 radical (unpaired) electrons. The van der Waals surface area contributed by atoms with E-state index >= 15 is 0 Å². The highest BCUT2D eigenvalue weighted by Gasteiger charge is 2.13. The van der Waals surface area contributed by atoms with E-state index in [1.165, 1.54) is 67.3 Å². The molecule has 9 aromatic rings. The van der Waals surface area contributed by atoms with Crippen LogP contribution in [0.3, 0.4) is 0 Å². The number of furan rings is 1. The van der Waals surface area contributed by atoms with Gasteiger partial charge in [-0.25, -0.2) is 9.78 Å². The Labute approximate surface area is 509 Å². The molecule has 18 heteroatoms. The maximum Gasteiger partial charge on any atom is 0.348 e. The van der Waals surface area contributed by atoms with Gasteiger partial charge in [-0.3, -0.25) is 14.8 Å². The predicted molar refractivity (Wildman–Crippen MR) is 348 cm³/mol. The lowest BCUT2D eigenvalue weighted by atomic mass is 10.3. The minimum Gasteiger partial charge on any atom is -0.465 e. The summed E-state index contributed by atoms with van der Waals surface area (Å²) in [5.41, 5.74) is 1.41. The first-order valence-corrected chi connectivity index (χ1v) is 33.5. The number of ether oxygens (including phenoxy) is 3. The average Bonchev–Trinajstić information content (AvgIpc) is 4.28. The number of nitrogens with zero attached hydrogens (tertiary/aromatic N) is 4. The maximum atomic E-state index is 11.0. The average molecular weight is 1240 g/mol. The molecule has 0 aromatic carbocycles. The largest absolute Gasteiger partial charge is 0.465 e. The van der Waals surface area contributed by atoms with Crippen LogP contribution in [0.2, 0.25) is 4.34 Å². The van der Waals surface area contributed by atoms with Crippen molar-refractivity contribution in [3.8, 4) is 0 Å². The normalized spacial score (nSPS) is 12.6. The number of thiazole rings is 2. The van der Waals surface area contributed by atoms with Gasteiger partial charge in [0.2, 0.25) is 0 Å². The Morgan fingerprint density at radius 2 is 1.19 bits per heavy atom. The molecule has 79 heavy (non-hydrogen) atoms. The molecule has 11 heterocycles. The Morgan fingerprint density at radius 3 is 1.53 bits per heavy atom. The van der Waals surface area contributed by atoms with Crippen LogP contribution in [0.25, 0.3) is 0 Å². The van der Waals surface area contributed by atoms with Crippen molar-refractivity contribution in [2.24, 2.45) is 0 Å². The molecular formula is C61H83ClN4O5S8. The van der Waals surface area contributed by atoms with Gasteiger partial charge >= 0.3 is 5.97 Å². The van der Waals surface area contributed by atoms with Gasteiger partial charge in [-0.2, -0.15) is 0 Å². The summed E-state index contributed by atoms with van der Waals surface area (Å²) < 4.78 is 21.8. The van der Waals surface area contributed by atoms with Gasteiger partial charge in [0.1, 0.15) is 16.4 Å². The number of aryl methyl sites for hydroxylation is 12. The van der Waals surface area contributed by atoms with Crippen molar-refractivity contribution in [1.82, 2.24) is 19.8 Å². The molecule has 2 aliphatic heterocycles. The topological polar surface area (TPSA) is 90.2 Å². The number of thiophene rings is 6. The number of morpholine rings is 2. The highest BCUT2D eigenvalue weighted by atomic mass is 35.5. The first-order chi connectivity index (χ1) is 37.9. The highest BCUT2D eigenvalue weighted by Crippen LogP contribution is 2.21. The molecule has 0 unspecified atom stereocenters. The van der Waals surface area contributed by atoms with Crippen molar-refractivity contribution in [2.75, 3.05) is 59.2 Å². The third-order valence-corrected chi connectivity index (χ3v) is 18.3. The Hall–Kier alpha value is -3.66. The molecule has 2 aliphatic rings. The minimum absolute atomic E-state index is 0.217. The van der Waals surface area contributed by atoms with Crippen LogP contribution >= 0.6 is 102 Å². The molecule has 2 saturated heterocycles. The van der Waals surface area contributed by atoms with E-state index in [1.807, 2.05) is 92.3 Å². The van der Waals surface area contributed by atoms with Gasteiger partial charge in [-0.1, -0.05) is 24.6 Å². The van der Waals surface area contributed by atoms with Crippen LogP contribution in [0.1, 0.15) is 101 Å². The zero-order chi connectivity index (χ0) is 57.8. The number of carbonyl (C=O) groups is 1. The lowest BCUT2D eigenvalue weighted by Crippen LogP contribution is -2.35.